The minimum atomic E-state index is -5.29. The number of nitrogens with one attached hydrogen (secondary N) is 1. The lowest BCUT2D eigenvalue weighted by atomic mass is 9.93. The number of benzene rings is 2. The minimum absolute atomic E-state index is 0.230. The van der Waals surface area contributed by atoms with Gasteiger partial charge in [0.1, 0.15) is 0 Å². The summed E-state index contributed by atoms with van der Waals surface area (Å²) in [6, 6.07) is 9.94. The van der Waals surface area contributed by atoms with E-state index in [-0.39, 0.29) is 12.3 Å². The molecular weight excluding hydrogens is 413 g/mol. The molecule has 0 saturated heterocycles. The molecule has 0 aliphatic rings. The van der Waals surface area contributed by atoms with Gasteiger partial charge in [-0.1, -0.05) is 23.7 Å². The van der Waals surface area contributed by atoms with Gasteiger partial charge in [0, 0.05) is 29.0 Å². The van der Waals surface area contributed by atoms with Crippen molar-refractivity contribution in [2.24, 2.45) is 0 Å². The van der Waals surface area contributed by atoms with E-state index in [9.17, 15) is 27.9 Å². The lowest BCUT2D eigenvalue weighted by Crippen LogP contribution is -2.50. The fourth-order valence-electron chi connectivity index (χ4n) is 2.42. The number of nitrogens with zero attached hydrogens (tertiary/aromatic N) is 1. The zero-order valence-electron chi connectivity index (χ0n) is 15.5. The molecule has 0 radical (unpaired) electrons. The van der Waals surface area contributed by atoms with Crippen LogP contribution in [0.3, 0.4) is 0 Å². The molecule has 0 unspecified atom stereocenters. The number of hydrogen-bond acceptors (Lipinski definition) is 4. The average Bonchev–Trinajstić information content (AvgIpc) is 2.68. The van der Waals surface area contributed by atoms with E-state index in [2.05, 4.69) is 10.1 Å². The molecule has 0 aliphatic heterocycles. The number of rotatable bonds is 5. The zero-order valence-corrected chi connectivity index (χ0v) is 16.2. The molecule has 1 atom stereocenters. The predicted octanol–water partition coefficient (Wildman–Crippen LogP) is 4.32. The molecule has 156 valence electrons. The number of carbonyl (C=O) groups is 2. The fraction of sp³-hybridized carbons (Fsp3) is 0.263. The van der Waals surface area contributed by atoms with E-state index >= 15 is 0 Å². The lowest BCUT2D eigenvalue weighted by molar-refractivity contribution is -0.267. The molecule has 2 aromatic carbocycles. The number of ether oxygens (including phenoxy) is 1. The van der Waals surface area contributed by atoms with Crippen molar-refractivity contribution in [1.29, 1.82) is 0 Å². The van der Waals surface area contributed by atoms with Gasteiger partial charge in [0.25, 0.3) is 5.60 Å². The second kappa shape index (κ2) is 8.71. The molecule has 2 N–H and O–H groups in total. The van der Waals surface area contributed by atoms with Gasteiger partial charge in [0.15, 0.2) is 0 Å². The highest BCUT2D eigenvalue weighted by molar-refractivity contribution is 6.30. The van der Waals surface area contributed by atoms with Crippen LogP contribution >= 0.6 is 11.6 Å². The number of esters is 1. The van der Waals surface area contributed by atoms with Crippen LogP contribution in [0.4, 0.5) is 29.3 Å². The minimum Gasteiger partial charge on any atom is -0.463 e. The van der Waals surface area contributed by atoms with Crippen LogP contribution in [0.25, 0.3) is 0 Å². The van der Waals surface area contributed by atoms with Gasteiger partial charge in [-0.25, -0.2) is 9.59 Å². The third-order valence-corrected chi connectivity index (χ3v) is 4.31. The number of halogens is 4. The maximum atomic E-state index is 13.4. The van der Waals surface area contributed by atoms with Crippen molar-refractivity contribution < 1.29 is 32.6 Å². The lowest BCUT2D eigenvalue weighted by Gasteiger charge is -2.29. The summed E-state index contributed by atoms with van der Waals surface area (Å²) in [6.45, 7) is 0.995. The van der Waals surface area contributed by atoms with E-state index in [1.807, 2.05) is 0 Å². The van der Waals surface area contributed by atoms with Gasteiger partial charge in [-0.2, -0.15) is 13.2 Å². The smallest absolute Gasteiger partial charge is 0.432 e. The Hall–Kier alpha value is -2.78. The second-order valence-electron chi connectivity index (χ2n) is 5.97. The van der Waals surface area contributed by atoms with E-state index in [0.717, 1.165) is 17.0 Å². The van der Waals surface area contributed by atoms with Crippen LogP contribution in [0.1, 0.15) is 12.5 Å². The van der Waals surface area contributed by atoms with Crippen LogP contribution in [0.15, 0.2) is 48.5 Å². The number of anilines is 2. The van der Waals surface area contributed by atoms with Gasteiger partial charge in [-0.15, -0.1) is 0 Å². The summed E-state index contributed by atoms with van der Waals surface area (Å²) in [6.07, 6.45) is -5.29. The highest BCUT2D eigenvalue weighted by atomic mass is 35.5. The van der Waals surface area contributed by atoms with Crippen molar-refractivity contribution in [1.82, 2.24) is 0 Å². The van der Waals surface area contributed by atoms with E-state index in [0.29, 0.717) is 10.7 Å². The monoisotopic (exact) mass is 430 g/mol. The van der Waals surface area contributed by atoms with Crippen LogP contribution in [0.5, 0.6) is 0 Å². The average molecular weight is 431 g/mol. The van der Waals surface area contributed by atoms with Gasteiger partial charge in [-0.05, 0) is 43.3 Å². The van der Waals surface area contributed by atoms with E-state index in [1.54, 1.807) is 24.3 Å². The number of aliphatic hydroxyl groups is 1. The fourth-order valence-corrected chi connectivity index (χ4v) is 2.54. The number of hydrogen-bond donors (Lipinski definition) is 2. The Labute approximate surface area is 169 Å². The summed E-state index contributed by atoms with van der Waals surface area (Å²) in [5.41, 5.74) is -3.84. The molecule has 2 aromatic rings. The first-order chi connectivity index (χ1) is 13.5. The third kappa shape index (κ3) is 4.80. The summed E-state index contributed by atoms with van der Waals surface area (Å²) in [5.74, 6) is -1.82. The number of alkyl halides is 3. The molecule has 10 heteroatoms. The molecule has 0 aromatic heterocycles. The van der Waals surface area contributed by atoms with Gasteiger partial charge < -0.3 is 15.2 Å². The summed E-state index contributed by atoms with van der Waals surface area (Å²) < 4.78 is 44.5. The van der Waals surface area contributed by atoms with Crippen molar-refractivity contribution >= 4 is 35.0 Å². The third-order valence-electron chi connectivity index (χ3n) is 4.05. The summed E-state index contributed by atoms with van der Waals surface area (Å²) in [5, 5.41) is 13.2. The van der Waals surface area contributed by atoms with Crippen molar-refractivity contribution in [3.8, 4) is 0 Å². The molecule has 2 rings (SSSR count). The second-order valence-corrected chi connectivity index (χ2v) is 6.41. The Kier molecular flexibility index (Phi) is 6.76. The molecule has 2 amide bonds. The van der Waals surface area contributed by atoms with Crippen molar-refractivity contribution in [2.75, 3.05) is 23.9 Å². The standard InChI is InChI=1S/C19H18ClF3N2O4/c1-3-29-16(26)18(28,19(21,22)23)12-4-10-15(11-5-12)25(2)17(27)24-14-8-6-13(20)7-9-14/h4-11,28H,3H2,1-2H3,(H,24,27)/t18-/m1/s1. The van der Waals surface area contributed by atoms with Crippen LogP contribution in [0, 0.1) is 0 Å². The molecule has 0 spiro atoms. The highest BCUT2D eigenvalue weighted by Crippen LogP contribution is 2.40. The van der Waals surface area contributed by atoms with Crippen LogP contribution in [-0.2, 0) is 15.1 Å². The van der Waals surface area contributed by atoms with Crippen LogP contribution < -0.4 is 10.2 Å². The van der Waals surface area contributed by atoms with Gasteiger partial charge in [0.05, 0.1) is 6.61 Å². The quantitative estimate of drug-likeness (QED) is 0.692. The van der Waals surface area contributed by atoms with Crippen molar-refractivity contribution in [3.05, 3.63) is 59.1 Å². The maximum absolute atomic E-state index is 13.4. The molecule has 0 saturated carbocycles. The summed E-state index contributed by atoms with van der Waals surface area (Å²) in [7, 11) is 1.40. The Morgan fingerprint density at radius 3 is 2.14 bits per heavy atom. The normalized spacial score (nSPS) is 13.3. The Bertz CT molecular complexity index is 873. The zero-order chi connectivity index (χ0) is 21.8. The van der Waals surface area contributed by atoms with Crippen molar-refractivity contribution in [3.63, 3.8) is 0 Å². The highest BCUT2D eigenvalue weighted by Gasteiger charge is 2.62. The first-order valence-corrected chi connectivity index (χ1v) is 8.75. The molecule has 0 heterocycles. The van der Waals surface area contributed by atoms with Gasteiger partial charge in [-0.3, -0.25) is 4.90 Å². The number of amides is 2. The van der Waals surface area contributed by atoms with E-state index in [4.69, 9.17) is 11.6 Å². The number of carbonyl (C=O) groups excluding carboxylic acids is 2. The van der Waals surface area contributed by atoms with Gasteiger partial charge in [0.2, 0.25) is 0 Å². The largest absolute Gasteiger partial charge is 0.463 e. The first-order valence-electron chi connectivity index (χ1n) is 8.37. The summed E-state index contributed by atoms with van der Waals surface area (Å²) in [4.78, 5) is 25.2. The Morgan fingerprint density at radius 1 is 1.10 bits per heavy atom. The maximum Gasteiger partial charge on any atom is 0.432 e. The molecule has 0 fully saturated rings. The van der Waals surface area contributed by atoms with Gasteiger partial charge >= 0.3 is 18.2 Å². The predicted molar refractivity (Wildman–Crippen MR) is 102 cm³/mol. The van der Waals surface area contributed by atoms with Crippen LogP contribution in [-0.4, -0.2) is 36.9 Å². The van der Waals surface area contributed by atoms with E-state index in [1.165, 1.54) is 26.1 Å². The van der Waals surface area contributed by atoms with Crippen molar-refractivity contribution in [2.45, 2.75) is 18.7 Å². The SMILES string of the molecule is CCOC(=O)[C@](O)(c1ccc(N(C)C(=O)Nc2ccc(Cl)cc2)cc1)C(F)(F)F. The molecule has 6 nitrogen and oxygen atoms in total. The Morgan fingerprint density at radius 2 is 1.66 bits per heavy atom. The molecule has 0 aliphatic carbocycles. The topological polar surface area (TPSA) is 78.9 Å². The number of urea groups is 1. The molecular formula is C19H18ClF3N2O4. The van der Waals surface area contributed by atoms with Crippen LogP contribution in [0.2, 0.25) is 5.02 Å². The molecule has 29 heavy (non-hydrogen) atoms. The first kappa shape index (κ1) is 22.5. The summed E-state index contributed by atoms with van der Waals surface area (Å²) >= 11 is 5.78. The Balaban J connectivity index is 2.24. The molecule has 0 bridgehead atoms. The van der Waals surface area contributed by atoms with E-state index < -0.39 is 29.3 Å².